The molecule has 0 aliphatic rings. The predicted octanol–water partition coefficient (Wildman–Crippen LogP) is 1.36. The number of benzene rings is 1. The van der Waals surface area contributed by atoms with Gasteiger partial charge in [0, 0.05) is 7.05 Å². The first-order valence-corrected chi connectivity index (χ1v) is 8.82. The molecule has 1 aromatic heterocycles. The van der Waals surface area contributed by atoms with Crippen LogP contribution in [0.1, 0.15) is 11.9 Å². The highest BCUT2D eigenvalue weighted by Gasteiger charge is 2.23. The largest absolute Gasteiger partial charge is 0.299 e. The van der Waals surface area contributed by atoms with Gasteiger partial charge in [0.15, 0.2) is 0 Å². The summed E-state index contributed by atoms with van der Waals surface area (Å²) in [4.78, 5) is 12.1. The van der Waals surface area contributed by atoms with Crippen LogP contribution in [0.2, 0.25) is 0 Å². The van der Waals surface area contributed by atoms with E-state index in [-0.39, 0.29) is 11.4 Å². The van der Waals surface area contributed by atoms with E-state index < -0.39 is 15.9 Å². The SMILES string of the molecule is CCc1nnc(NC(=O)CN(C)S(=O)(=O)c2ccccc2)s1. The third kappa shape index (κ3) is 3.87. The van der Waals surface area contributed by atoms with Gasteiger partial charge in [0.2, 0.25) is 21.1 Å². The van der Waals surface area contributed by atoms with Crippen molar-refractivity contribution in [2.24, 2.45) is 0 Å². The molecule has 2 aromatic rings. The zero-order chi connectivity index (χ0) is 16.2. The molecule has 22 heavy (non-hydrogen) atoms. The van der Waals surface area contributed by atoms with E-state index in [0.29, 0.717) is 5.13 Å². The van der Waals surface area contributed by atoms with Crippen LogP contribution in [0.15, 0.2) is 35.2 Å². The number of hydrogen-bond acceptors (Lipinski definition) is 6. The van der Waals surface area contributed by atoms with Gasteiger partial charge in [-0.15, -0.1) is 10.2 Å². The second kappa shape index (κ2) is 6.95. The van der Waals surface area contributed by atoms with Crippen molar-refractivity contribution in [1.29, 1.82) is 0 Å². The number of sulfonamides is 1. The Labute approximate surface area is 133 Å². The Morgan fingerprint density at radius 2 is 1.95 bits per heavy atom. The first-order chi connectivity index (χ1) is 10.4. The molecule has 0 saturated heterocycles. The smallest absolute Gasteiger partial charge is 0.243 e. The number of aromatic nitrogens is 2. The van der Waals surface area contributed by atoms with Gasteiger partial charge in [-0.2, -0.15) is 4.31 Å². The molecule has 0 aliphatic carbocycles. The summed E-state index contributed by atoms with van der Waals surface area (Å²) >= 11 is 1.27. The summed E-state index contributed by atoms with van der Waals surface area (Å²) in [6, 6.07) is 7.97. The lowest BCUT2D eigenvalue weighted by Crippen LogP contribution is -2.34. The van der Waals surface area contributed by atoms with Crippen molar-refractivity contribution < 1.29 is 13.2 Å². The molecule has 0 atom stereocenters. The van der Waals surface area contributed by atoms with Crippen molar-refractivity contribution >= 4 is 32.4 Å². The van der Waals surface area contributed by atoms with Crippen molar-refractivity contribution in [2.75, 3.05) is 18.9 Å². The molecule has 0 spiro atoms. The number of amides is 1. The summed E-state index contributed by atoms with van der Waals surface area (Å²) in [7, 11) is -2.33. The van der Waals surface area contributed by atoms with Crippen molar-refractivity contribution in [1.82, 2.24) is 14.5 Å². The van der Waals surface area contributed by atoms with Crippen LogP contribution in [0.5, 0.6) is 0 Å². The molecule has 1 amide bonds. The number of carbonyl (C=O) groups excluding carboxylic acids is 1. The van der Waals surface area contributed by atoms with Crippen LogP contribution in [0.3, 0.4) is 0 Å². The molecular formula is C13H16N4O3S2. The molecule has 1 N–H and O–H groups in total. The molecule has 0 saturated carbocycles. The van der Waals surface area contributed by atoms with E-state index in [4.69, 9.17) is 0 Å². The summed E-state index contributed by atoms with van der Waals surface area (Å²) in [5.41, 5.74) is 0. The maximum Gasteiger partial charge on any atom is 0.243 e. The minimum atomic E-state index is -3.69. The molecule has 1 heterocycles. The normalized spacial score (nSPS) is 11.6. The summed E-state index contributed by atoms with van der Waals surface area (Å²) in [5.74, 6) is -0.458. The van der Waals surface area contributed by atoms with Crippen LogP contribution in [0, 0.1) is 0 Å². The van der Waals surface area contributed by atoms with E-state index >= 15 is 0 Å². The minimum absolute atomic E-state index is 0.148. The van der Waals surface area contributed by atoms with Crippen molar-refractivity contribution in [2.45, 2.75) is 18.2 Å². The van der Waals surface area contributed by atoms with Crippen LogP contribution < -0.4 is 5.32 Å². The zero-order valence-corrected chi connectivity index (χ0v) is 13.8. The van der Waals surface area contributed by atoms with Crippen molar-refractivity contribution in [3.63, 3.8) is 0 Å². The molecule has 7 nitrogen and oxygen atoms in total. The fourth-order valence-electron chi connectivity index (χ4n) is 1.67. The second-order valence-corrected chi connectivity index (χ2v) is 7.58. The standard InChI is InChI=1S/C13H16N4O3S2/c1-3-12-15-16-13(21-12)14-11(18)9-17(2)22(19,20)10-7-5-4-6-8-10/h4-8H,3,9H2,1-2H3,(H,14,16,18). The monoisotopic (exact) mass is 340 g/mol. The van der Waals surface area contributed by atoms with Crippen LogP contribution in [-0.2, 0) is 21.2 Å². The number of hydrogen-bond donors (Lipinski definition) is 1. The van der Waals surface area contributed by atoms with Gasteiger partial charge >= 0.3 is 0 Å². The first kappa shape index (κ1) is 16.5. The van der Waals surface area contributed by atoms with E-state index in [2.05, 4.69) is 15.5 Å². The maximum atomic E-state index is 12.3. The van der Waals surface area contributed by atoms with Gasteiger partial charge < -0.3 is 0 Å². The van der Waals surface area contributed by atoms with E-state index in [1.807, 2.05) is 6.92 Å². The number of rotatable bonds is 6. The number of nitrogens with zero attached hydrogens (tertiary/aromatic N) is 3. The topological polar surface area (TPSA) is 92.3 Å². The third-order valence-corrected chi connectivity index (χ3v) is 5.63. The molecule has 0 bridgehead atoms. The molecule has 2 rings (SSSR count). The second-order valence-electron chi connectivity index (χ2n) is 4.48. The van der Waals surface area contributed by atoms with Gasteiger partial charge in [0.1, 0.15) is 5.01 Å². The Morgan fingerprint density at radius 1 is 1.27 bits per heavy atom. The van der Waals surface area contributed by atoms with Gasteiger partial charge in [-0.3, -0.25) is 10.1 Å². The summed E-state index contributed by atoms with van der Waals surface area (Å²) in [6.07, 6.45) is 0.732. The summed E-state index contributed by atoms with van der Waals surface area (Å²) in [6.45, 7) is 1.64. The Balaban J connectivity index is 2.02. The minimum Gasteiger partial charge on any atom is -0.299 e. The molecule has 0 radical (unpaired) electrons. The van der Waals surface area contributed by atoms with E-state index in [1.165, 1.54) is 30.5 Å². The summed E-state index contributed by atoms with van der Waals surface area (Å²) in [5, 5.41) is 11.4. The molecule has 0 aliphatic heterocycles. The van der Waals surface area contributed by atoms with E-state index in [1.54, 1.807) is 18.2 Å². The van der Waals surface area contributed by atoms with E-state index in [9.17, 15) is 13.2 Å². The molecule has 9 heteroatoms. The fraction of sp³-hybridized carbons (Fsp3) is 0.308. The molecule has 1 aromatic carbocycles. The number of anilines is 1. The lowest BCUT2D eigenvalue weighted by atomic mass is 10.4. The van der Waals surface area contributed by atoms with Crippen LogP contribution >= 0.6 is 11.3 Å². The number of likely N-dealkylation sites (N-methyl/N-ethyl adjacent to an activating group) is 1. The maximum absolute atomic E-state index is 12.3. The Hall–Kier alpha value is -1.84. The highest BCUT2D eigenvalue weighted by Crippen LogP contribution is 2.16. The van der Waals surface area contributed by atoms with Gasteiger partial charge in [-0.05, 0) is 18.6 Å². The van der Waals surface area contributed by atoms with E-state index in [0.717, 1.165) is 15.7 Å². The highest BCUT2D eigenvalue weighted by atomic mass is 32.2. The van der Waals surface area contributed by atoms with Crippen molar-refractivity contribution in [3.8, 4) is 0 Å². The lowest BCUT2D eigenvalue weighted by molar-refractivity contribution is -0.116. The Kier molecular flexibility index (Phi) is 5.22. The molecular weight excluding hydrogens is 324 g/mol. The number of nitrogens with one attached hydrogen (secondary N) is 1. The average molecular weight is 340 g/mol. The third-order valence-electron chi connectivity index (χ3n) is 2.83. The number of aryl methyl sites for hydroxylation is 1. The van der Waals surface area contributed by atoms with Crippen LogP contribution in [0.4, 0.5) is 5.13 Å². The Bertz CT molecular complexity index is 744. The zero-order valence-electron chi connectivity index (χ0n) is 12.2. The average Bonchev–Trinajstić information content (AvgIpc) is 2.95. The predicted molar refractivity (Wildman–Crippen MR) is 84.2 cm³/mol. The molecule has 118 valence electrons. The van der Waals surface area contributed by atoms with Crippen LogP contribution in [0.25, 0.3) is 0 Å². The first-order valence-electron chi connectivity index (χ1n) is 6.57. The fourth-order valence-corrected chi connectivity index (χ4v) is 3.51. The highest BCUT2D eigenvalue weighted by molar-refractivity contribution is 7.89. The summed E-state index contributed by atoms with van der Waals surface area (Å²) < 4.78 is 25.6. The van der Waals surface area contributed by atoms with Crippen molar-refractivity contribution in [3.05, 3.63) is 35.3 Å². The van der Waals surface area contributed by atoms with Crippen LogP contribution in [-0.4, -0.2) is 42.4 Å². The quantitative estimate of drug-likeness (QED) is 0.857. The van der Waals surface area contributed by atoms with Gasteiger partial charge in [0.25, 0.3) is 0 Å². The van der Waals surface area contributed by atoms with Gasteiger partial charge in [-0.25, -0.2) is 8.42 Å². The lowest BCUT2D eigenvalue weighted by Gasteiger charge is -2.16. The number of carbonyl (C=O) groups is 1. The van der Waals surface area contributed by atoms with Gasteiger partial charge in [0.05, 0.1) is 11.4 Å². The Morgan fingerprint density at radius 3 is 2.55 bits per heavy atom. The molecule has 0 unspecified atom stereocenters. The van der Waals surface area contributed by atoms with Gasteiger partial charge in [-0.1, -0.05) is 36.5 Å². The molecule has 0 fully saturated rings.